The molecule has 1 atom stereocenters. The lowest BCUT2D eigenvalue weighted by molar-refractivity contribution is -0.141. The van der Waals surface area contributed by atoms with Crippen LogP contribution in [0.5, 0.6) is 0 Å². The molecule has 2 amide bonds. The zero-order valence-corrected chi connectivity index (χ0v) is 10.7. The Kier molecular flexibility index (Phi) is 8.13. The molecule has 0 saturated carbocycles. The second kappa shape index (κ2) is 8.81. The van der Waals surface area contributed by atoms with Crippen molar-refractivity contribution in [2.45, 2.75) is 20.3 Å². The van der Waals surface area contributed by atoms with Crippen molar-refractivity contribution in [2.75, 3.05) is 33.4 Å². The summed E-state index contributed by atoms with van der Waals surface area (Å²) >= 11 is 0. The van der Waals surface area contributed by atoms with E-state index in [4.69, 9.17) is 9.84 Å². The van der Waals surface area contributed by atoms with E-state index in [2.05, 4.69) is 5.32 Å². The van der Waals surface area contributed by atoms with Crippen LogP contribution in [0.25, 0.3) is 0 Å². The second-order valence-electron chi connectivity index (χ2n) is 3.86. The lowest BCUT2D eigenvalue weighted by atomic mass is 10.2. The van der Waals surface area contributed by atoms with Crippen LogP contribution < -0.4 is 5.32 Å². The van der Waals surface area contributed by atoms with Gasteiger partial charge < -0.3 is 20.1 Å². The van der Waals surface area contributed by atoms with Crippen LogP contribution in [0, 0.1) is 5.92 Å². The molecule has 0 aromatic heterocycles. The van der Waals surface area contributed by atoms with Crippen LogP contribution in [0.4, 0.5) is 4.79 Å². The Morgan fingerprint density at radius 1 is 1.47 bits per heavy atom. The number of aliphatic carboxylic acids is 1. The number of hydrogen-bond donors (Lipinski definition) is 2. The molecule has 0 rings (SSSR count). The molecule has 0 aromatic carbocycles. The van der Waals surface area contributed by atoms with Gasteiger partial charge in [0.05, 0.1) is 5.92 Å². The topological polar surface area (TPSA) is 78.9 Å². The zero-order valence-electron chi connectivity index (χ0n) is 10.7. The van der Waals surface area contributed by atoms with Crippen molar-refractivity contribution in [1.29, 1.82) is 0 Å². The molecule has 0 saturated heterocycles. The minimum atomic E-state index is -0.893. The number of rotatable bonds is 8. The number of hydrogen-bond acceptors (Lipinski definition) is 3. The highest BCUT2D eigenvalue weighted by atomic mass is 16.5. The molecule has 6 heteroatoms. The molecule has 6 nitrogen and oxygen atoms in total. The summed E-state index contributed by atoms with van der Waals surface area (Å²) in [6.45, 7) is 5.25. The van der Waals surface area contributed by atoms with Crippen molar-refractivity contribution in [1.82, 2.24) is 10.2 Å². The molecule has 0 radical (unpaired) electrons. The van der Waals surface area contributed by atoms with Crippen molar-refractivity contribution in [3.05, 3.63) is 0 Å². The van der Waals surface area contributed by atoms with E-state index in [0.29, 0.717) is 19.7 Å². The Morgan fingerprint density at radius 3 is 2.59 bits per heavy atom. The average Bonchev–Trinajstić information content (AvgIpc) is 2.30. The van der Waals surface area contributed by atoms with E-state index in [-0.39, 0.29) is 12.6 Å². The van der Waals surface area contributed by atoms with Gasteiger partial charge in [0.2, 0.25) is 0 Å². The number of carboxylic acid groups (broad SMARTS) is 1. The van der Waals surface area contributed by atoms with Crippen LogP contribution in [-0.4, -0.2) is 55.4 Å². The summed E-state index contributed by atoms with van der Waals surface area (Å²) < 4.78 is 4.86. The molecule has 2 N–H and O–H groups in total. The average molecular weight is 246 g/mol. The molecule has 0 fully saturated rings. The van der Waals surface area contributed by atoms with Crippen molar-refractivity contribution in [2.24, 2.45) is 5.92 Å². The first-order valence-corrected chi connectivity index (χ1v) is 5.77. The largest absolute Gasteiger partial charge is 0.481 e. The van der Waals surface area contributed by atoms with Gasteiger partial charge in [-0.2, -0.15) is 0 Å². The molecule has 0 aliphatic carbocycles. The van der Waals surface area contributed by atoms with Gasteiger partial charge in [-0.1, -0.05) is 6.92 Å². The van der Waals surface area contributed by atoms with Crippen LogP contribution >= 0.6 is 0 Å². The van der Waals surface area contributed by atoms with Crippen LogP contribution in [0.1, 0.15) is 20.3 Å². The molecular weight excluding hydrogens is 224 g/mol. The van der Waals surface area contributed by atoms with Crippen LogP contribution in [0.2, 0.25) is 0 Å². The Labute approximate surface area is 102 Å². The van der Waals surface area contributed by atoms with Crippen molar-refractivity contribution < 1.29 is 19.4 Å². The number of carboxylic acids is 1. The van der Waals surface area contributed by atoms with Gasteiger partial charge in [0, 0.05) is 33.4 Å². The fourth-order valence-electron chi connectivity index (χ4n) is 1.29. The fraction of sp³-hybridized carbons (Fsp3) is 0.818. The minimum Gasteiger partial charge on any atom is -0.481 e. The molecule has 0 spiro atoms. The first-order chi connectivity index (χ1) is 8.02. The van der Waals surface area contributed by atoms with Gasteiger partial charge >= 0.3 is 12.0 Å². The first-order valence-electron chi connectivity index (χ1n) is 5.77. The van der Waals surface area contributed by atoms with E-state index in [1.165, 1.54) is 4.90 Å². The summed E-state index contributed by atoms with van der Waals surface area (Å²) in [5.74, 6) is -1.45. The molecule has 0 aromatic rings. The number of carbonyl (C=O) groups excluding carboxylic acids is 1. The molecule has 0 aliphatic heterocycles. The SMILES string of the molecule is CCN(CC(C)C(=O)O)C(=O)NCCCOC. The Balaban J connectivity index is 3.99. The molecule has 0 heterocycles. The maximum absolute atomic E-state index is 11.7. The monoisotopic (exact) mass is 246 g/mol. The van der Waals surface area contributed by atoms with Gasteiger partial charge in [0.1, 0.15) is 0 Å². The molecule has 1 unspecified atom stereocenters. The molecule has 100 valence electrons. The third-order valence-corrected chi connectivity index (χ3v) is 2.39. The highest BCUT2D eigenvalue weighted by Crippen LogP contribution is 2.00. The normalized spacial score (nSPS) is 11.9. The van der Waals surface area contributed by atoms with E-state index in [1.54, 1.807) is 14.0 Å². The van der Waals surface area contributed by atoms with E-state index in [9.17, 15) is 9.59 Å². The molecule has 0 aliphatic rings. The van der Waals surface area contributed by atoms with E-state index in [0.717, 1.165) is 6.42 Å². The molecular formula is C11H22N2O4. The first kappa shape index (κ1) is 15.7. The lowest BCUT2D eigenvalue weighted by Gasteiger charge is -2.23. The smallest absolute Gasteiger partial charge is 0.317 e. The van der Waals surface area contributed by atoms with E-state index >= 15 is 0 Å². The number of nitrogens with zero attached hydrogens (tertiary/aromatic N) is 1. The van der Waals surface area contributed by atoms with Gasteiger partial charge in [-0.05, 0) is 13.3 Å². The quantitative estimate of drug-likeness (QED) is 0.620. The summed E-state index contributed by atoms with van der Waals surface area (Å²) in [5, 5.41) is 11.5. The summed E-state index contributed by atoms with van der Waals surface area (Å²) in [4.78, 5) is 23.9. The maximum atomic E-state index is 11.7. The lowest BCUT2D eigenvalue weighted by Crippen LogP contribution is -2.43. The number of methoxy groups -OCH3 is 1. The summed E-state index contributed by atoms with van der Waals surface area (Å²) in [6, 6.07) is -0.225. The number of amides is 2. The Bertz CT molecular complexity index is 246. The zero-order chi connectivity index (χ0) is 13.3. The van der Waals surface area contributed by atoms with Crippen LogP contribution in [0.15, 0.2) is 0 Å². The summed E-state index contributed by atoms with van der Waals surface area (Å²) in [6.07, 6.45) is 0.744. The second-order valence-corrected chi connectivity index (χ2v) is 3.86. The minimum absolute atomic E-state index is 0.224. The van der Waals surface area contributed by atoms with Crippen molar-refractivity contribution >= 4 is 12.0 Å². The number of ether oxygens (including phenoxy) is 1. The maximum Gasteiger partial charge on any atom is 0.317 e. The van der Waals surface area contributed by atoms with Gasteiger partial charge in [-0.3, -0.25) is 4.79 Å². The van der Waals surface area contributed by atoms with Gasteiger partial charge in [0.25, 0.3) is 0 Å². The number of urea groups is 1. The highest BCUT2D eigenvalue weighted by Gasteiger charge is 2.18. The third kappa shape index (κ3) is 6.78. The van der Waals surface area contributed by atoms with Crippen molar-refractivity contribution in [3.63, 3.8) is 0 Å². The Morgan fingerprint density at radius 2 is 2.12 bits per heavy atom. The predicted octanol–water partition coefficient (Wildman–Crippen LogP) is 0.775. The third-order valence-electron chi connectivity index (χ3n) is 2.39. The van der Waals surface area contributed by atoms with Gasteiger partial charge in [-0.25, -0.2) is 4.79 Å². The summed E-state index contributed by atoms with van der Waals surface area (Å²) in [7, 11) is 1.61. The highest BCUT2D eigenvalue weighted by molar-refractivity contribution is 5.75. The van der Waals surface area contributed by atoms with Crippen molar-refractivity contribution in [3.8, 4) is 0 Å². The standard InChI is InChI=1S/C11H22N2O4/c1-4-13(8-9(2)10(14)15)11(16)12-6-5-7-17-3/h9H,4-8H2,1-3H3,(H,12,16)(H,14,15). The number of carbonyl (C=O) groups is 2. The molecule has 17 heavy (non-hydrogen) atoms. The summed E-state index contributed by atoms with van der Waals surface area (Å²) in [5.41, 5.74) is 0. The van der Waals surface area contributed by atoms with E-state index in [1.807, 2.05) is 6.92 Å². The number of nitrogens with one attached hydrogen (secondary N) is 1. The predicted molar refractivity (Wildman–Crippen MR) is 63.9 cm³/mol. The van der Waals surface area contributed by atoms with E-state index < -0.39 is 11.9 Å². The van der Waals surface area contributed by atoms with Gasteiger partial charge in [0.15, 0.2) is 0 Å². The van der Waals surface area contributed by atoms with Gasteiger partial charge in [-0.15, -0.1) is 0 Å². The van der Waals surface area contributed by atoms with Crippen LogP contribution in [-0.2, 0) is 9.53 Å². The Hall–Kier alpha value is -1.30. The molecule has 0 bridgehead atoms. The van der Waals surface area contributed by atoms with Crippen LogP contribution in [0.3, 0.4) is 0 Å². The fourth-order valence-corrected chi connectivity index (χ4v) is 1.29.